The van der Waals surface area contributed by atoms with Gasteiger partial charge in [0.25, 0.3) is 0 Å². The van der Waals surface area contributed by atoms with Gasteiger partial charge in [0.05, 0.1) is 0 Å². The van der Waals surface area contributed by atoms with E-state index in [1.807, 2.05) is 11.8 Å². The van der Waals surface area contributed by atoms with Gasteiger partial charge in [-0.3, -0.25) is 4.79 Å². The summed E-state index contributed by atoms with van der Waals surface area (Å²) in [6, 6.07) is 0. The zero-order valence-corrected chi connectivity index (χ0v) is 14.3. The highest BCUT2D eigenvalue weighted by Gasteiger charge is 2.29. The summed E-state index contributed by atoms with van der Waals surface area (Å²) in [5.74, 6) is 3.14. The summed E-state index contributed by atoms with van der Waals surface area (Å²) in [6.07, 6.45) is 5.01. The molecular weight excluding hydrogens is 292 g/mol. The third-order valence-corrected chi connectivity index (χ3v) is 5.38. The Labute approximate surface area is 138 Å². The molecule has 0 radical (unpaired) electrons. The molecule has 1 aromatic heterocycles. The van der Waals surface area contributed by atoms with Gasteiger partial charge in [0.1, 0.15) is 0 Å². The molecule has 2 fully saturated rings. The fourth-order valence-corrected chi connectivity index (χ4v) is 3.79. The molecule has 2 saturated heterocycles. The minimum absolute atomic E-state index is 0.306. The van der Waals surface area contributed by atoms with Crippen LogP contribution in [0.15, 0.2) is 4.52 Å². The highest BCUT2D eigenvalue weighted by molar-refractivity contribution is 5.76. The highest BCUT2D eigenvalue weighted by atomic mass is 16.5. The van der Waals surface area contributed by atoms with E-state index in [1.54, 1.807) is 0 Å². The second-order valence-corrected chi connectivity index (χ2v) is 7.12. The number of rotatable bonds is 4. The molecule has 1 amide bonds. The Kier molecular flexibility index (Phi) is 5.30. The molecule has 0 saturated carbocycles. The number of nitrogens with one attached hydrogen (secondary N) is 1. The van der Waals surface area contributed by atoms with Gasteiger partial charge in [-0.25, -0.2) is 0 Å². The number of amides is 1. The van der Waals surface area contributed by atoms with E-state index >= 15 is 0 Å². The number of aromatic nitrogens is 2. The zero-order valence-electron chi connectivity index (χ0n) is 14.3. The van der Waals surface area contributed by atoms with E-state index in [2.05, 4.69) is 22.4 Å². The number of aryl methyl sites for hydroxylation is 1. The molecule has 0 spiro atoms. The van der Waals surface area contributed by atoms with Crippen LogP contribution in [0.3, 0.4) is 0 Å². The van der Waals surface area contributed by atoms with Crippen LogP contribution in [-0.2, 0) is 4.79 Å². The second kappa shape index (κ2) is 7.43. The van der Waals surface area contributed by atoms with Crippen LogP contribution in [0.1, 0.15) is 56.7 Å². The molecule has 0 aromatic carbocycles. The van der Waals surface area contributed by atoms with Crippen LogP contribution in [0.4, 0.5) is 0 Å². The van der Waals surface area contributed by atoms with Gasteiger partial charge in [0.15, 0.2) is 5.82 Å². The van der Waals surface area contributed by atoms with E-state index in [1.165, 1.54) is 12.8 Å². The first-order chi connectivity index (χ1) is 11.1. The topological polar surface area (TPSA) is 71.3 Å². The van der Waals surface area contributed by atoms with E-state index in [0.717, 1.165) is 44.9 Å². The summed E-state index contributed by atoms with van der Waals surface area (Å²) in [5, 5.41) is 7.31. The van der Waals surface area contributed by atoms with Gasteiger partial charge < -0.3 is 14.7 Å². The number of nitrogens with zero attached hydrogens (tertiary/aromatic N) is 3. The molecule has 6 heteroatoms. The number of hydrogen-bond acceptors (Lipinski definition) is 5. The Morgan fingerprint density at radius 1 is 1.39 bits per heavy atom. The van der Waals surface area contributed by atoms with Crippen LogP contribution in [0, 0.1) is 18.8 Å². The van der Waals surface area contributed by atoms with Gasteiger partial charge in [-0.2, -0.15) is 4.98 Å². The van der Waals surface area contributed by atoms with Crippen molar-refractivity contribution in [2.45, 2.75) is 51.9 Å². The van der Waals surface area contributed by atoms with Crippen LogP contribution in [0.5, 0.6) is 0 Å². The average molecular weight is 320 g/mol. The monoisotopic (exact) mass is 320 g/mol. The SMILES string of the molecule is Cc1noc(C2CCN(C(=O)CC(C)C3CCCNC3)CC2)n1. The van der Waals surface area contributed by atoms with E-state index in [0.29, 0.717) is 35.9 Å². The average Bonchev–Trinajstić information content (AvgIpc) is 3.02. The maximum Gasteiger partial charge on any atom is 0.229 e. The van der Waals surface area contributed by atoms with Gasteiger partial charge in [0, 0.05) is 25.4 Å². The van der Waals surface area contributed by atoms with Crippen molar-refractivity contribution in [2.75, 3.05) is 26.2 Å². The van der Waals surface area contributed by atoms with Crippen molar-refractivity contribution in [3.05, 3.63) is 11.7 Å². The van der Waals surface area contributed by atoms with Gasteiger partial charge in [0.2, 0.25) is 11.8 Å². The molecule has 3 heterocycles. The largest absolute Gasteiger partial charge is 0.343 e. The summed E-state index contributed by atoms with van der Waals surface area (Å²) in [4.78, 5) is 18.9. The Morgan fingerprint density at radius 3 is 2.78 bits per heavy atom. The maximum atomic E-state index is 12.6. The second-order valence-electron chi connectivity index (χ2n) is 7.12. The summed E-state index contributed by atoms with van der Waals surface area (Å²) in [7, 11) is 0. The van der Waals surface area contributed by atoms with Crippen LogP contribution >= 0.6 is 0 Å². The molecule has 2 aliphatic rings. The van der Waals surface area contributed by atoms with Crippen molar-refractivity contribution in [2.24, 2.45) is 11.8 Å². The first-order valence-electron chi connectivity index (χ1n) is 8.92. The van der Waals surface area contributed by atoms with Gasteiger partial charge >= 0.3 is 0 Å². The van der Waals surface area contributed by atoms with Gasteiger partial charge in [-0.15, -0.1) is 0 Å². The van der Waals surface area contributed by atoms with Crippen molar-refractivity contribution in [3.63, 3.8) is 0 Å². The van der Waals surface area contributed by atoms with Crippen molar-refractivity contribution in [1.82, 2.24) is 20.4 Å². The minimum Gasteiger partial charge on any atom is -0.343 e. The molecule has 2 aliphatic heterocycles. The standard InChI is InChI=1S/C17H28N4O2/c1-12(15-4-3-7-18-11-15)10-16(22)21-8-5-14(6-9-21)17-19-13(2)20-23-17/h12,14-15,18H,3-11H2,1-2H3. The Balaban J connectivity index is 1.46. The molecule has 0 bridgehead atoms. The predicted molar refractivity (Wildman–Crippen MR) is 87.0 cm³/mol. The van der Waals surface area contributed by atoms with Crippen molar-refractivity contribution < 1.29 is 9.32 Å². The third-order valence-electron chi connectivity index (χ3n) is 5.38. The van der Waals surface area contributed by atoms with Crippen molar-refractivity contribution in [1.29, 1.82) is 0 Å². The molecule has 2 unspecified atom stereocenters. The molecule has 2 atom stereocenters. The number of carbonyl (C=O) groups excluding carboxylic acids is 1. The molecule has 3 rings (SSSR count). The maximum absolute atomic E-state index is 12.6. The zero-order chi connectivity index (χ0) is 16.2. The minimum atomic E-state index is 0.306. The lowest BCUT2D eigenvalue weighted by molar-refractivity contribution is -0.133. The lowest BCUT2D eigenvalue weighted by Gasteiger charge is -2.33. The first kappa shape index (κ1) is 16.4. The van der Waals surface area contributed by atoms with Crippen LogP contribution in [-0.4, -0.2) is 47.1 Å². The molecule has 1 aromatic rings. The van der Waals surface area contributed by atoms with Crippen LogP contribution in [0.2, 0.25) is 0 Å². The first-order valence-corrected chi connectivity index (χ1v) is 8.92. The number of hydrogen-bond donors (Lipinski definition) is 1. The Bertz CT molecular complexity index is 516. The van der Waals surface area contributed by atoms with Crippen LogP contribution < -0.4 is 5.32 Å². The molecule has 0 aliphatic carbocycles. The summed E-state index contributed by atoms with van der Waals surface area (Å²) in [5.41, 5.74) is 0. The Morgan fingerprint density at radius 2 is 2.17 bits per heavy atom. The fraction of sp³-hybridized carbons (Fsp3) is 0.824. The molecular formula is C17H28N4O2. The number of likely N-dealkylation sites (tertiary alicyclic amines) is 1. The normalized spacial score (nSPS) is 24.6. The quantitative estimate of drug-likeness (QED) is 0.920. The van der Waals surface area contributed by atoms with Crippen molar-refractivity contribution in [3.8, 4) is 0 Å². The van der Waals surface area contributed by atoms with E-state index in [9.17, 15) is 4.79 Å². The summed E-state index contributed by atoms with van der Waals surface area (Å²) >= 11 is 0. The predicted octanol–water partition coefficient (Wildman–Crippen LogP) is 2.11. The molecule has 128 valence electrons. The fourth-order valence-electron chi connectivity index (χ4n) is 3.79. The number of piperidine rings is 2. The lowest BCUT2D eigenvalue weighted by Crippen LogP contribution is -2.40. The van der Waals surface area contributed by atoms with E-state index in [4.69, 9.17) is 4.52 Å². The van der Waals surface area contributed by atoms with Gasteiger partial charge in [-0.05, 0) is 57.5 Å². The number of carbonyl (C=O) groups is 1. The third kappa shape index (κ3) is 4.10. The summed E-state index contributed by atoms with van der Waals surface area (Å²) < 4.78 is 5.27. The summed E-state index contributed by atoms with van der Waals surface area (Å²) in [6.45, 7) is 7.87. The smallest absolute Gasteiger partial charge is 0.229 e. The molecule has 1 N–H and O–H groups in total. The lowest BCUT2D eigenvalue weighted by atomic mass is 9.85. The highest BCUT2D eigenvalue weighted by Crippen LogP contribution is 2.28. The van der Waals surface area contributed by atoms with E-state index < -0.39 is 0 Å². The Hall–Kier alpha value is -1.43. The van der Waals surface area contributed by atoms with E-state index in [-0.39, 0.29) is 0 Å². The van der Waals surface area contributed by atoms with Gasteiger partial charge in [-0.1, -0.05) is 12.1 Å². The van der Waals surface area contributed by atoms with Crippen molar-refractivity contribution >= 4 is 5.91 Å². The molecule has 23 heavy (non-hydrogen) atoms. The van der Waals surface area contributed by atoms with Crippen LogP contribution in [0.25, 0.3) is 0 Å². The molecule has 6 nitrogen and oxygen atoms in total.